The summed E-state index contributed by atoms with van der Waals surface area (Å²) in [5.74, 6) is -1.59. The average molecular weight is 1010 g/mol. The number of hydrogen-bond donors (Lipinski definition) is 5. The Morgan fingerprint density at radius 1 is 0.814 bits per heavy atom. The smallest absolute Gasteiger partial charge is 0.420 e. The summed E-state index contributed by atoms with van der Waals surface area (Å²) in [6.45, 7) is 1.26. The number of ether oxygens (including phenoxy) is 2. The number of anilines is 4. The number of H-pyrrole nitrogens is 1. The van der Waals surface area contributed by atoms with Crippen LogP contribution in [0.4, 0.5) is 40.6 Å². The van der Waals surface area contributed by atoms with Crippen LogP contribution in [0, 0.1) is 17.2 Å². The van der Waals surface area contributed by atoms with Crippen LogP contribution >= 0.6 is 23.2 Å². The molecule has 0 spiro atoms. The van der Waals surface area contributed by atoms with Gasteiger partial charge in [-0.1, -0.05) is 0 Å². The first-order chi connectivity index (χ1) is 33.2. The minimum absolute atomic E-state index is 0.116. The summed E-state index contributed by atoms with van der Waals surface area (Å²) in [6, 6.07) is 22.2. The summed E-state index contributed by atoms with van der Waals surface area (Å²) in [7, 11) is 3.28. The number of hydrogen-bond acceptors (Lipinski definition) is 12. The van der Waals surface area contributed by atoms with E-state index in [1.165, 1.54) is 65.8 Å². The Morgan fingerprint density at radius 2 is 1.37 bits per heavy atom. The summed E-state index contributed by atoms with van der Waals surface area (Å²) >= 11 is 9.71. The predicted octanol–water partition coefficient (Wildman–Crippen LogP) is 7.33. The fraction of sp³-hybridized carbons (Fsp3) is 0.277. The van der Waals surface area contributed by atoms with E-state index in [-0.39, 0.29) is 65.9 Å². The number of nitrogens with zero attached hydrogens (tertiary/aromatic N) is 7. The molecule has 8 rings (SSSR count). The number of β-amino-alcohol motifs (C(OH)–C–C–N with tert-alkyl or cyclic N) is 2. The number of pyridine rings is 2. The Morgan fingerprint density at radius 3 is 1.89 bits per heavy atom. The summed E-state index contributed by atoms with van der Waals surface area (Å²) in [4.78, 5) is 58.5. The number of amides is 3. The molecule has 70 heavy (non-hydrogen) atoms. The third kappa shape index (κ3) is 11.4. The second-order valence-corrected chi connectivity index (χ2v) is 17.5. The quantitative estimate of drug-likeness (QED) is 0.0505. The number of benzene rings is 2. The van der Waals surface area contributed by atoms with Gasteiger partial charge in [0.25, 0.3) is 17.7 Å². The maximum atomic E-state index is 14.0. The maximum absolute atomic E-state index is 14.0. The van der Waals surface area contributed by atoms with Crippen LogP contribution in [0.15, 0.2) is 97.3 Å². The Labute approximate surface area is 406 Å². The van der Waals surface area contributed by atoms with Crippen LogP contribution in [0.25, 0.3) is 22.5 Å². The van der Waals surface area contributed by atoms with Crippen LogP contribution in [0.2, 0.25) is 0 Å². The van der Waals surface area contributed by atoms with Gasteiger partial charge in [0, 0.05) is 117 Å². The first kappa shape index (κ1) is 49.1. The molecule has 0 bridgehead atoms. The van der Waals surface area contributed by atoms with Crippen molar-refractivity contribution in [3.8, 4) is 40.1 Å². The van der Waals surface area contributed by atoms with Crippen LogP contribution in [0.3, 0.4) is 0 Å². The van der Waals surface area contributed by atoms with Gasteiger partial charge in [-0.2, -0.15) is 5.26 Å². The van der Waals surface area contributed by atoms with Gasteiger partial charge >= 0.3 is 11.1 Å². The number of alkyl halides is 6. The standard InChI is InChI=1S/C47H42Cl2F4N10O7/c1-60(45(68)38-13-12-37(59-38)35-17-26(20-55-41(35)62-16-15-32(64)24-62)43(66)57-29-3-8-33(9-4-29)69-46(48,50)51)22-28-23-63(25-40(28)65)42-36(39-14-7-31(19-54)61(39)2)18-27(21-56-42)44(67)58-30-5-10-34(11-6-30)70-47(49,52)53/h3-14,17-18,20-21,28,32,40,59,64-65H,15-16,22-25H2,1-2H3,(H,57,66)(H,58,67)/t28?,32-,40+/m1/s1. The van der Waals surface area contributed by atoms with Crippen molar-refractivity contribution in [2.24, 2.45) is 13.0 Å². The number of carbonyl (C=O) groups excluding carboxylic acids is 3. The molecule has 0 aliphatic carbocycles. The van der Waals surface area contributed by atoms with Crippen molar-refractivity contribution in [1.82, 2.24) is 24.4 Å². The van der Waals surface area contributed by atoms with E-state index in [0.717, 1.165) is 0 Å². The van der Waals surface area contributed by atoms with Crippen LogP contribution in [0.5, 0.6) is 11.5 Å². The van der Waals surface area contributed by atoms with Crippen molar-refractivity contribution in [1.29, 1.82) is 5.26 Å². The van der Waals surface area contributed by atoms with Crippen molar-refractivity contribution >= 4 is 63.9 Å². The lowest BCUT2D eigenvalue weighted by atomic mass is 10.1. The molecule has 364 valence electrons. The SMILES string of the molecule is CN(CC1CN(c2ncc(C(=O)Nc3ccc(OC(F)(F)Cl)cc3)cc2-c2ccc(C#N)n2C)C[C@@H]1O)C(=O)c1ccc(-c2cc(C(=O)Nc3ccc(OC(F)(F)Cl)cc3)cnc2N2CC[C@@H](O)C2)[nH]1. The number of rotatable bonds is 15. The molecule has 2 aromatic carbocycles. The van der Waals surface area contributed by atoms with Gasteiger partial charge in [-0.05, 0) is 91.3 Å². The molecule has 17 nitrogen and oxygen atoms in total. The molecule has 2 aliphatic rings. The summed E-state index contributed by atoms with van der Waals surface area (Å²) < 4.78 is 62.7. The van der Waals surface area contributed by atoms with Crippen molar-refractivity contribution < 1.29 is 51.6 Å². The number of nitrogens with one attached hydrogen (secondary N) is 3. The Hall–Kier alpha value is -7.38. The highest BCUT2D eigenvalue weighted by atomic mass is 35.5. The molecule has 2 saturated heterocycles. The molecular weight excluding hydrogens is 963 g/mol. The zero-order valence-electron chi connectivity index (χ0n) is 37.0. The van der Waals surface area contributed by atoms with E-state index in [0.29, 0.717) is 52.8 Å². The molecule has 3 amide bonds. The van der Waals surface area contributed by atoms with Gasteiger partial charge in [-0.3, -0.25) is 14.4 Å². The first-order valence-corrected chi connectivity index (χ1v) is 22.2. The van der Waals surface area contributed by atoms with Crippen LogP contribution in [-0.4, -0.2) is 115 Å². The maximum Gasteiger partial charge on any atom is 0.487 e. The topological polar surface area (TPSA) is 214 Å². The largest absolute Gasteiger partial charge is 0.487 e. The van der Waals surface area contributed by atoms with E-state index < -0.39 is 47.0 Å². The summed E-state index contributed by atoms with van der Waals surface area (Å²) in [5.41, 5.74) is -4.53. The van der Waals surface area contributed by atoms with Crippen molar-refractivity contribution in [2.45, 2.75) is 29.8 Å². The third-order valence-electron chi connectivity index (χ3n) is 11.7. The fourth-order valence-electron chi connectivity index (χ4n) is 8.29. The molecule has 1 unspecified atom stereocenters. The molecular formula is C47H42Cl2F4N10O7. The summed E-state index contributed by atoms with van der Waals surface area (Å²) in [6.07, 6.45) is 1.71. The average Bonchev–Trinajstić information content (AvgIpc) is 4.13. The molecule has 0 radical (unpaired) electrons. The number of carbonyl (C=O) groups is 3. The molecule has 2 fully saturated rings. The monoisotopic (exact) mass is 1000 g/mol. The van der Waals surface area contributed by atoms with Crippen LogP contribution in [0.1, 0.15) is 43.3 Å². The number of aliphatic hydroxyl groups is 2. The zero-order valence-corrected chi connectivity index (χ0v) is 38.6. The van der Waals surface area contributed by atoms with E-state index in [2.05, 4.69) is 41.1 Å². The number of aromatic amines is 1. The predicted molar refractivity (Wildman–Crippen MR) is 251 cm³/mol. The molecule has 23 heteroatoms. The lowest BCUT2D eigenvalue weighted by Gasteiger charge is -2.24. The second-order valence-electron chi connectivity index (χ2n) is 16.6. The molecule has 6 aromatic rings. The third-order valence-corrected chi connectivity index (χ3v) is 11.8. The number of nitriles is 1. The molecule has 5 N–H and O–H groups in total. The van der Waals surface area contributed by atoms with Crippen molar-refractivity contribution in [3.63, 3.8) is 0 Å². The lowest BCUT2D eigenvalue weighted by molar-refractivity contribution is -0.0972. The number of aromatic nitrogens is 4. The highest BCUT2D eigenvalue weighted by Crippen LogP contribution is 2.36. The van der Waals surface area contributed by atoms with Gasteiger partial charge in [0.2, 0.25) is 0 Å². The van der Waals surface area contributed by atoms with Gasteiger partial charge in [0.05, 0.1) is 29.0 Å². The van der Waals surface area contributed by atoms with Gasteiger partial charge in [-0.15, -0.1) is 17.6 Å². The Kier molecular flexibility index (Phi) is 14.0. The number of halogens is 6. The van der Waals surface area contributed by atoms with E-state index in [9.17, 15) is 47.4 Å². The molecule has 0 saturated carbocycles. The molecule has 6 heterocycles. The number of aliphatic hydroxyl groups excluding tert-OH is 2. The minimum Gasteiger partial charge on any atom is -0.420 e. The second kappa shape index (κ2) is 19.9. The molecule has 3 atom stereocenters. The van der Waals surface area contributed by atoms with Crippen LogP contribution in [-0.2, 0) is 7.05 Å². The van der Waals surface area contributed by atoms with Gasteiger partial charge in [0.1, 0.15) is 40.6 Å². The van der Waals surface area contributed by atoms with E-state index in [1.54, 1.807) is 55.1 Å². The van der Waals surface area contributed by atoms with Crippen molar-refractivity contribution in [2.75, 3.05) is 60.2 Å². The van der Waals surface area contributed by atoms with Crippen LogP contribution < -0.4 is 29.9 Å². The molecule has 4 aromatic heterocycles. The van der Waals surface area contributed by atoms with Gasteiger partial charge in [0.15, 0.2) is 0 Å². The Bertz CT molecular complexity index is 2960. The first-order valence-electron chi connectivity index (χ1n) is 21.4. The van der Waals surface area contributed by atoms with E-state index in [1.807, 2.05) is 9.80 Å². The highest BCUT2D eigenvalue weighted by molar-refractivity contribution is 6.21. The lowest BCUT2D eigenvalue weighted by Crippen LogP contribution is -2.36. The fourth-order valence-corrected chi connectivity index (χ4v) is 8.47. The zero-order chi connectivity index (χ0) is 50.1. The Balaban J connectivity index is 0.978. The highest BCUT2D eigenvalue weighted by Gasteiger charge is 2.36. The van der Waals surface area contributed by atoms with Gasteiger partial charge in [-0.25, -0.2) is 9.97 Å². The molecule has 2 aliphatic heterocycles. The van der Waals surface area contributed by atoms with E-state index in [4.69, 9.17) is 23.2 Å². The van der Waals surface area contributed by atoms with Gasteiger partial charge < -0.3 is 54.6 Å². The summed E-state index contributed by atoms with van der Waals surface area (Å²) in [5, 5.41) is 36.9. The normalized spacial score (nSPS) is 17.0. The van der Waals surface area contributed by atoms with E-state index >= 15 is 0 Å². The minimum atomic E-state index is -3.91. The van der Waals surface area contributed by atoms with Crippen molar-refractivity contribution in [3.05, 3.63) is 120 Å².